The zero-order valence-corrected chi connectivity index (χ0v) is 11.5. The van der Waals surface area contributed by atoms with E-state index in [2.05, 4.69) is 4.90 Å². The fraction of sp³-hybridized carbons (Fsp3) is 0.571. The molecule has 3 nitrogen and oxygen atoms in total. The highest BCUT2D eigenvalue weighted by atomic mass is 35.5. The van der Waals surface area contributed by atoms with Crippen LogP contribution in [0.2, 0.25) is 0 Å². The van der Waals surface area contributed by atoms with Crippen LogP contribution in [-0.4, -0.2) is 44.4 Å². The predicted molar refractivity (Wildman–Crippen MR) is 73.5 cm³/mol. The molecule has 100 valence electrons. The summed E-state index contributed by atoms with van der Waals surface area (Å²) in [5.41, 5.74) is 1.15. The fourth-order valence-corrected chi connectivity index (χ4v) is 2.40. The van der Waals surface area contributed by atoms with Crippen LogP contribution in [0.1, 0.15) is 17.9 Å². The van der Waals surface area contributed by atoms with Gasteiger partial charge in [0.05, 0.1) is 25.2 Å². The quantitative estimate of drug-likeness (QED) is 0.767. The van der Waals surface area contributed by atoms with Gasteiger partial charge in [-0.1, -0.05) is 12.1 Å². The average Bonchev–Trinajstić information content (AvgIpc) is 2.41. The number of rotatable bonds is 5. The summed E-state index contributed by atoms with van der Waals surface area (Å²) in [4.78, 5) is 2.34. The fourth-order valence-electron chi connectivity index (χ4n) is 2.06. The average molecular weight is 270 g/mol. The van der Waals surface area contributed by atoms with Gasteiger partial charge in [-0.2, -0.15) is 0 Å². The summed E-state index contributed by atoms with van der Waals surface area (Å²) < 4.78 is 10.7. The molecule has 1 unspecified atom stereocenters. The van der Waals surface area contributed by atoms with Crippen molar-refractivity contribution >= 4 is 11.6 Å². The highest BCUT2D eigenvalue weighted by Gasteiger charge is 2.16. The molecule has 1 aromatic carbocycles. The van der Waals surface area contributed by atoms with Crippen molar-refractivity contribution in [2.75, 3.05) is 39.5 Å². The summed E-state index contributed by atoms with van der Waals surface area (Å²) in [7, 11) is 0. The molecule has 1 aliphatic rings. The van der Waals surface area contributed by atoms with Gasteiger partial charge < -0.3 is 9.47 Å². The number of ether oxygens (including phenoxy) is 2. The molecule has 0 N–H and O–H groups in total. The zero-order chi connectivity index (χ0) is 12.8. The van der Waals surface area contributed by atoms with Crippen LogP contribution in [0.4, 0.5) is 0 Å². The molecule has 0 radical (unpaired) electrons. The second-order valence-corrected chi connectivity index (χ2v) is 4.91. The van der Waals surface area contributed by atoms with Crippen molar-refractivity contribution in [2.45, 2.75) is 12.3 Å². The third kappa shape index (κ3) is 3.87. The van der Waals surface area contributed by atoms with Gasteiger partial charge >= 0.3 is 0 Å². The maximum atomic E-state index is 6.45. The van der Waals surface area contributed by atoms with Crippen LogP contribution < -0.4 is 4.74 Å². The number of hydrogen-bond acceptors (Lipinski definition) is 3. The summed E-state index contributed by atoms with van der Waals surface area (Å²) in [6.07, 6.45) is 0. The third-order valence-corrected chi connectivity index (χ3v) is 3.46. The van der Waals surface area contributed by atoms with Crippen molar-refractivity contribution in [1.29, 1.82) is 0 Å². The molecule has 1 fully saturated rings. The minimum Gasteiger partial charge on any atom is -0.494 e. The summed E-state index contributed by atoms with van der Waals surface area (Å²) in [6.45, 7) is 7.12. The van der Waals surface area contributed by atoms with Crippen molar-refractivity contribution in [3.8, 4) is 5.75 Å². The minimum atomic E-state index is 0.0266. The van der Waals surface area contributed by atoms with E-state index in [4.69, 9.17) is 21.1 Å². The molecular formula is C14H20ClNO2. The van der Waals surface area contributed by atoms with Crippen LogP contribution in [0, 0.1) is 0 Å². The molecule has 0 spiro atoms. The van der Waals surface area contributed by atoms with E-state index in [9.17, 15) is 0 Å². The number of benzene rings is 1. The van der Waals surface area contributed by atoms with E-state index in [1.807, 2.05) is 31.2 Å². The van der Waals surface area contributed by atoms with Crippen LogP contribution in [0.15, 0.2) is 24.3 Å². The number of hydrogen-bond donors (Lipinski definition) is 0. The second kappa shape index (κ2) is 6.98. The van der Waals surface area contributed by atoms with E-state index in [0.717, 1.165) is 44.2 Å². The minimum absolute atomic E-state index is 0.0266. The van der Waals surface area contributed by atoms with Gasteiger partial charge in [0.2, 0.25) is 0 Å². The van der Waals surface area contributed by atoms with Gasteiger partial charge in [0.1, 0.15) is 5.75 Å². The third-order valence-electron chi connectivity index (χ3n) is 3.07. The Balaban J connectivity index is 1.89. The largest absolute Gasteiger partial charge is 0.494 e. The molecule has 1 atom stereocenters. The molecule has 0 bridgehead atoms. The molecule has 0 amide bonds. The zero-order valence-electron chi connectivity index (χ0n) is 10.8. The molecule has 1 saturated heterocycles. The number of alkyl halides is 1. The Kier molecular flexibility index (Phi) is 5.29. The van der Waals surface area contributed by atoms with Crippen LogP contribution in [0.3, 0.4) is 0 Å². The molecule has 0 aromatic heterocycles. The van der Waals surface area contributed by atoms with E-state index >= 15 is 0 Å². The molecule has 2 rings (SSSR count). The summed E-state index contributed by atoms with van der Waals surface area (Å²) in [5, 5.41) is 0.0266. The first-order chi connectivity index (χ1) is 8.79. The number of nitrogens with zero attached hydrogens (tertiary/aromatic N) is 1. The predicted octanol–water partition coefficient (Wildman–Crippen LogP) is 2.70. The number of halogens is 1. The molecule has 18 heavy (non-hydrogen) atoms. The van der Waals surface area contributed by atoms with Crippen LogP contribution >= 0.6 is 11.6 Å². The highest BCUT2D eigenvalue weighted by Crippen LogP contribution is 2.24. The van der Waals surface area contributed by atoms with Crippen LogP contribution in [0.25, 0.3) is 0 Å². The second-order valence-electron chi connectivity index (χ2n) is 4.38. The lowest BCUT2D eigenvalue weighted by molar-refractivity contribution is 0.0378. The van der Waals surface area contributed by atoms with Crippen molar-refractivity contribution in [3.63, 3.8) is 0 Å². The lowest BCUT2D eigenvalue weighted by Crippen LogP contribution is -2.38. The van der Waals surface area contributed by atoms with Crippen molar-refractivity contribution in [3.05, 3.63) is 29.8 Å². The molecular weight excluding hydrogens is 250 g/mol. The van der Waals surface area contributed by atoms with E-state index < -0.39 is 0 Å². The van der Waals surface area contributed by atoms with E-state index in [-0.39, 0.29) is 5.38 Å². The standard InChI is InChI=1S/C14H20ClNO2/c1-2-18-13-5-3-12(4-6-13)14(15)11-16-7-9-17-10-8-16/h3-6,14H,2,7-11H2,1H3. The Labute approximate surface area is 114 Å². The summed E-state index contributed by atoms with van der Waals surface area (Å²) in [5.74, 6) is 0.900. The van der Waals surface area contributed by atoms with Gasteiger partial charge in [-0.3, -0.25) is 4.90 Å². The van der Waals surface area contributed by atoms with Gasteiger partial charge in [0, 0.05) is 19.6 Å². The van der Waals surface area contributed by atoms with Crippen molar-refractivity contribution in [1.82, 2.24) is 4.90 Å². The monoisotopic (exact) mass is 269 g/mol. The lowest BCUT2D eigenvalue weighted by atomic mass is 10.1. The van der Waals surface area contributed by atoms with E-state index in [1.165, 1.54) is 0 Å². The molecule has 0 saturated carbocycles. The maximum Gasteiger partial charge on any atom is 0.119 e. The Bertz CT molecular complexity index is 349. The lowest BCUT2D eigenvalue weighted by Gasteiger charge is -2.28. The van der Waals surface area contributed by atoms with E-state index in [0.29, 0.717) is 6.61 Å². The van der Waals surface area contributed by atoms with Crippen LogP contribution in [0.5, 0.6) is 5.75 Å². The van der Waals surface area contributed by atoms with Gasteiger partial charge in [-0.05, 0) is 24.6 Å². The SMILES string of the molecule is CCOc1ccc(C(Cl)CN2CCOCC2)cc1. The van der Waals surface area contributed by atoms with Crippen molar-refractivity contribution < 1.29 is 9.47 Å². The highest BCUT2D eigenvalue weighted by molar-refractivity contribution is 6.21. The summed E-state index contributed by atoms with van der Waals surface area (Å²) in [6, 6.07) is 8.05. The Morgan fingerprint density at radius 3 is 2.56 bits per heavy atom. The number of morpholine rings is 1. The Morgan fingerprint density at radius 1 is 1.28 bits per heavy atom. The maximum absolute atomic E-state index is 6.45. The Hall–Kier alpha value is -0.770. The first-order valence-corrected chi connectivity index (χ1v) is 6.90. The van der Waals surface area contributed by atoms with E-state index in [1.54, 1.807) is 0 Å². The smallest absolute Gasteiger partial charge is 0.119 e. The molecule has 4 heteroatoms. The van der Waals surface area contributed by atoms with Crippen LogP contribution in [-0.2, 0) is 4.74 Å². The molecule has 1 aromatic rings. The van der Waals surface area contributed by atoms with Crippen molar-refractivity contribution in [2.24, 2.45) is 0 Å². The topological polar surface area (TPSA) is 21.7 Å². The van der Waals surface area contributed by atoms with Gasteiger partial charge in [0.25, 0.3) is 0 Å². The normalized spacial score (nSPS) is 18.6. The summed E-state index contributed by atoms with van der Waals surface area (Å²) >= 11 is 6.45. The molecule has 1 heterocycles. The molecule has 0 aliphatic carbocycles. The first kappa shape index (κ1) is 13.7. The Morgan fingerprint density at radius 2 is 1.94 bits per heavy atom. The first-order valence-electron chi connectivity index (χ1n) is 6.46. The van der Waals surface area contributed by atoms with Gasteiger partial charge in [0.15, 0.2) is 0 Å². The van der Waals surface area contributed by atoms with Gasteiger partial charge in [-0.15, -0.1) is 11.6 Å². The molecule has 1 aliphatic heterocycles. The van der Waals surface area contributed by atoms with Gasteiger partial charge in [-0.25, -0.2) is 0 Å².